The van der Waals surface area contributed by atoms with Crippen LogP contribution in [0.4, 0.5) is 5.69 Å². The van der Waals surface area contributed by atoms with Crippen LogP contribution >= 0.6 is 11.8 Å². The monoisotopic (exact) mass is 377 g/mol. The van der Waals surface area contributed by atoms with Gasteiger partial charge in [-0.15, -0.1) is 10.2 Å². The minimum atomic E-state index is -0.387. The van der Waals surface area contributed by atoms with E-state index in [0.29, 0.717) is 28.8 Å². The van der Waals surface area contributed by atoms with E-state index in [1.807, 2.05) is 0 Å². The highest BCUT2D eigenvalue weighted by atomic mass is 32.2. The zero-order valence-corrected chi connectivity index (χ0v) is 15.7. The number of nitrogen functional groups attached to an aromatic ring is 1. The molecular weight excluding hydrogens is 354 g/mol. The number of amides is 1. The predicted molar refractivity (Wildman–Crippen MR) is 101 cm³/mol. The van der Waals surface area contributed by atoms with Gasteiger partial charge in [-0.3, -0.25) is 4.79 Å². The molecule has 26 heavy (non-hydrogen) atoms. The summed E-state index contributed by atoms with van der Waals surface area (Å²) in [5.41, 5.74) is 1.04. The molecule has 1 amide bonds. The maximum atomic E-state index is 12.1. The van der Waals surface area contributed by atoms with Crippen LogP contribution in [-0.2, 0) is 16.0 Å². The summed E-state index contributed by atoms with van der Waals surface area (Å²) < 4.78 is 6.35. The third-order valence-corrected chi connectivity index (χ3v) is 4.44. The molecule has 0 atom stereocenters. The molecule has 2 aromatic rings. The third-order valence-electron chi connectivity index (χ3n) is 3.50. The van der Waals surface area contributed by atoms with E-state index in [4.69, 9.17) is 10.6 Å². The molecule has 0 aliphatic rings. The fourth-order valence-electron chi connectivity index (χ4n) is 2.14. The molecule has 0 radical (unpaired) electrons. The Morgan fingerprint density at radius 1 is 1.23 bits per heavy atom. The molecule has 0 unspecified atom stereocenters. The van der Waals surface area contributed by atoms with Crippen molar-refractivity contribution in [2.75, 3.05) is 23.5 Å². The number of nitrogens with one attached hydrogen (secondary N) is 1. The Morgan fingerprint density at radius 2 is 1.96 bits per heavy atom. The highest BCUT2D eigenvalue weighted by molar-refractivity contribution is 7.99. The van der Waals surface area contributed by atoms with E-state index in [1.165, 1.54) is 16.4 Å². The number of unbranched alkanes of at least 4 members (excludes halogenated alkanes) is 1. The van der Waals surface area contributed by atoms with Crippen molar-refractivity contribution in [2.24, 2.45) is 0 Å². The van der Waals surface area contributed by atoms with Crippen LogP contribution in [0.3, 0.4) is 0 Å². The first-order chi connectivity index (χ1) is 12.5. The van der Waals surface area contributed by atoms with E-state index in [0.717, 1.165) is 19.3 Å². The first kappa shape index (κ1) is 19.8. The number of esters is 1. The van der Waals surface area contributed by atoms with Gasteiger partial charge in [0.2, 0.25) is 11.1 Å². The van der Waals surface area contributed by atoms with Crippen LogP contribution in [0, 0.1) is 0 Å². The predicted octanol–water partition coefficient (Wildman–Crippen LogP) is 2.24. The molecule has 140 valence electrons. The van der Waals surface area contributed by atoms with E-state index in [-0.39, 0.29) is 17.6 Å². The van der Waals surface area contributed by atoms with E-state index in [1.54, 1.807) is 31.2 Å². The van der Waals surface area contributed by atoms with Gasteiger partial charge in [-0.2, -0.15) is 0 Å². The molecule has 3 N–H and O–H groups in total. The summed E-state index contributed by atoms with van der Waals surface area (Å²) in [6.07, 6.45) is 2.80. The average molecular weight is 377 g/mol. The molecule has 1 aromatic heterocycles. The van der Waals surface area contributed by atoms with Gasteiger partial charge in [0.05, 0.1) is 17.9 Å². The number of aromatic nitrogens is 3. The smallest absolute Gasteiger partial charge is 0.338 e. The Labute approximate surface area is 156 Å². The van der Waals surface area contributed by atoms with Gasteiger partial charge in [0, 0.05) is 12.1 Å². The van der Waals surface area contributed by atoms with Crippen molar-refractivity contribution >= 4 is 29.3 Å². The molecular formula is C17H23N5O3S. The average Bonchev–Trinajstić information content (AvgIpc) is 2.99. The molecule has 0 saturated carbocycles. The second-order valence-corrected chi connectivity index (χ2v) is 6.45. The molecule has 8 nitrogen and oxygen atoms in total. The number of hydrogen-bond donors (Lipinski definition) is 2. The van der Waals surface area contributed by atoms with Crippen molar-refractivity contribution < 1.29 is 14.3 Å². The van der Waals surface area contributed by atoms with Crippen LogP contribution < -0.4 is 11.2 Å². The van der Waals surface area contributed by atoms with E-state index in [9.17, 15) is 9.59 Å². The van der Waals surface area contributed by atoms with Crippen LogP contribution in [0.25, 0.3) is 0 Å². The summed E-state index contributed by atoms with van der Waals surface area (Å²) in [6.45, 7) is 4.16. The Hall–Kier alpha value is -2.55. The van der Waals surface area contributed by atoms with Gasteiger partial charge in [-0.1, -0.05) is 25.1 Å². The van der Waals surface area contributed by atoms with Gasteiger partial charge in [0.15, 0.2) is 5.82 Å². The number of carbonyl (C=O) groups is 2. The lowest BCUT2D eigenvalue weighted by atomic mass is 10.2. The number of aryl methyl sites for hydroxylation is 1. The summed E-state index contributed by atoms with van der Waals surface area (Å²) in [4.78, 5) is 23.7. The molecule has 0 fully saturated rings. The van der Waals surface area contributed by atoms with E-state index in [2.05, 4.69) is 22.4 Å². The number of nitrogens with zero attached hydrogens (tertiary/aromatic N) is 3. The highest BCUT2D eigenvalue weighted by Gasteiger charge is 2.12. The van der Waals surface area contributed by atoms with Crippen molar-refractivity contribution in [1.82, 2.24) is 14.9 Å². The molecule has 1 aromatic carbocycles. The van der Waals surface area contributed by atoms with Crippen molar-refractivity contribution in [2.45, 2.75) is 38.3 Å². The van der Waals surface area contributed by atoms with E-state index < -0.39 is 0 Å². The molecule has 1 heterocycles. The SMILES string of the molecule is CCCCc1nnc(SCC(=O)Nc2ccc(C(=O)OCC)cc2)n1N. The van der Waals surface area contributed by atoms with Crippen LogP contribution in [0.1, 0.15) is 42.9 Å². The summed E-state index contributed by atoms with van der Waals surface area (Å²) in [5, 5.41) is 11.3. The second kappa shape index (κ2) is 9.81. The molecule has 0 aliphatic heterocycles. The summed E-state index contributed by atoms with van der Waals surface area (Å²) in [5.74, 6) is 6.23. The Balaban J connectivity index is 1.85. The number of benzene rings is 1. The van der Waals surface area contributed by atoms with Crippen molar-refractivity contribution in [3.05, 3.63) is 35.7 Å². The number of carbonyl (C=O) groups excluding carboxylic acids is 2. The number of thioether (sulfide) groups is 1. The van der Waals surface area contributed by atoms with Crippen molar-refractivity contribution in [3.8, 4) is 0 Å². The topological polar surface area (TPSA) is 112 Å². The zero-order chi connectivity index (χ0) is 18.9. The first-order valence-electron chi connectivity index (χ1n) is 8.44. The first-order valence-corrected chi connectivity index (χ1v) is 9.42. The van der Waals surface area contributed by atoms with Gasteiger partial charge in [0.25, 0.3) is 0 Å². The van der Waals surface area contributed by atoms with Crippen LogP contribution in [-0.4, -0.2) is 39.1 Å². The number of anilines is 1. The normalized spacial score (nSPS) is 10.5. The minimum Gasteiger partial charge on any atom is -0.462 e. The van der Waals surface area contributed by atoms with Crippen LogP contribution in [0.2, 0.25) is 0 Å². The Kier molecular flexibility index (Phi) is 7.46. The van der Waals surface area contributed by atoms with Crippen LogP contribution in [0.15, 0.2) is 29.4 Å². The number of nitrogens with two attached hydrogens (primary N) is 1. The Morgan fingerprint density at radius 3 is 2.62 bits per heavy atom. The standard InChI is InChI=1S/C17H23N5O3S/c1-3-5-6-14-20-21-17(22(14)18)26-11-15(23)19-13-9-7-12(8-10-13)16(24)25-4-2/h7-10H,3-6,11,18H2,1-2H3,(H,19,23). The molecule has 0 saturated heterocycles. The fraction of sp³-hybridized carbons (Fsp3) is 0.412. The molecule has 0 aliphatic carbocycles. The summed E-state index contributed by atoms with van der Waals surface area (Å²) in [6, 6.07) is 6.53. The van der Waals surface area contributed by atoms with Gasteiger partial charge in [0.1, 0.15) is 0 Å². The van der Waals surface area contributed by atoms with Gasteiger partial charge in [-0.25, -0.2) is 9.47 Å². The van der Waals surface area contributed by atoms with Gasteiger partial charge < -0.3 is 15.9 Å². The third kappa shape index (κ3) is 5.48. The lowest BCUT2D eigenvalue weighted by molar-refractivity contribution is -0.113. The lowest BCUT2D eigenvalue weighted by Crippen LogP contribution is -2.17. The van der Waals surface area contributed by atoms with Gasteiger partial charge >= 0.3 is 5.97 Å². The molecule has 0 spiro atoms. The quantitative estimate of drug-likeness (QED) is 0.391. The van der Waals surface area contributed by atoms with Crippen molar-refractivity contribution in [1.29, 1.82) is 0 Å². The summed E-state index contributed by atoms with van der Waals surface area (Å²) in [7, 11) is 0. The van der Waals surface area contributed by atoms with Crippen molar-refractivity contribution in [3.63, 3.8) is 0 Å². The molecule has 2 rings (SSSR count). The van der Waals surface area contributed by atoms with E-state index >= 15 is 0 Å². The Bertz CT molecular complexity index is 745. The molecule has 0 bridgehead atoms. The van der Waals surface area contributed by atoms with Gasteiger partial charge in [-0.05, 0) is 37.6 Å². The number of ether oxygens (including phenoxy) is 1. The zero-order valence-electron chi connectivity index (χ0n) is 14.9. The number of rotatable bonds is 9. The molecule has 9 heteroatoms. The highest BCUT2D eigenvalue weighted by Crippen LogP contribution is 2.17. The van der Waals surface area contributed by atoms with Crippen LogP contribution in [0.5, 0.6) is 0 Å². The largest absolute Gasteiger partial charge is 0.462 e. The minimum absolute atomic E-state index is 0.155. The number of hydrogen-bond acceptors (Lipinski definition) is 7. The lowest BCUT2D eigenvalue weighted by Gasteiger charge is -2.06. The maximum Gasteiger partial charge on any atom is 0.338 e. The fourth-order valence-corrected chi connectivity index (χ4v) is 2.82. The second-order valence-electron chi connectivity index (χ2n) is 5.51. The maximum absolute atomic E-state index is 12.1. The summed E-state index contributed by atoms with van der Waals surface area (Å²) >= 11 is 1.22.